The molecule has 3 aromatic carbocycles. The van der Waals surface area contributed by atoms with Crippen LogP contribution in [0.5, 0.6) is 17.2 Å². The highest BCUT2D eigenvalue weighted by atomic mass is 35.5. The molecule has 0 saturated carbocycles. The number of rotatable bonds is 13. The zero-order valence-corrected chi connectivity index (χ0v) is 27.7. The third-order valence-electron chi connectivity index (χ3n) is 6.59. The fourth-order valence-electron chi connectivity index (χ4n) is 4.35. The van der Waals surface area contributed by atoms with E-state index < -0.39 is 34.1 Å². The number of amides is 2. The molecule has 0 unspecified atom stereocenters. The zero-order chi connectivity index (χ0) is 32.7. The van der Waals surface area contributed by atoms with E-state index in [1.54, 1.807) is 55.5 Å². The lowest BCUT2D eigenvalue weighted by atomic mass is 10.1. The summed E-state index contributed by atoms with van der Waals surface area (Å²) in [6.45, 7) is 8.85. The molecule has 0 bridgehead atoms. The zero-order valence-electron chi connectivity index (χ0n) is 26.1. The number of carbonyl (C=O) groups is 2. The normalized spacial score (nSPS) is 12.2. The molecule has 0 saturated heterocycles. The van der Waals surface area contributed by atoms with Crippen LogP contribution in [0.2, 0.25) is 5.02 Å². The number of nitrogens with zero attached hydrogens (tertiary/aromatic N) is 2. The maximum Gasteiger partial charge on any atom is 0.264 e. The van der Waals surface area contributed by atoms with Gasteiger partial charge in [0, 0.05) is 23.2 Å². The van der Waals surface area contributed by atoms with E-state index in [9.17, 15) is 18.0 Å². The number of anilines is 1. The minimum Gasteiger partial charge on any atom is -0.494 e. The van der Waals surface area contributed by atoms with E-state index in [4.69, 9.17) is 25.8 Å². The van der Waals surface area contributed by atoms with Crippen LogP contribution in [-0.2, 0) is 26.2 Å². The van der Waals surface area contributed by atoms with E-state index in [0.29, 0.717) is 28.7 Å². The molecule has 2 amide bonds. The van der Waals surface area contributed by atoms with Gasteiger partial charge in [-0.1, -0.05) is 23.7 Å². The maximum absolute atomic E-state index is 14.2. The van der Waals surface area contributed by atoms with E-state index in [1.165, 1.54) is 37.3 Å². The van der Waals surface area contributed by atoms with E-state index in [2.05, 4.69) is 5.32 Å². The van der Waals surface area contributed by atoms with Gasteiger partial charge in [-0.3, -0.25) is 13.9 Å². The van der Waals surface area contributed by atoms with Gasteiger partial charge in [-0.2, -0.15) is 0 Å². The smallest absolute Gasteiger partial charge is 0.264 e. The Kier molecular flexibility index (Phi) is 11.5. The summed E-state index contributed by atoms with van der Waals surface area (Å²) in [5, 5.41) is 3.43. The molecule has 1 atom stereocenters. The maximum atomic E-state index is 14.2. The second kappa shape index (κ2) is 14.7. The average Bonchev–Trinajstić information content (AvgIpc) is 2.98. The lowest BCUT2D eigenvalue weighted by Gasteiger charge is -2.33. The number of nitrogens with one attached hydrogen (secondary N) is 1. The summed E-state index contributed by atoms with van der Waals surface area (Å²) in [5.74, 6) is 0.138. The number of sulfonamides is 1. The molecule has 3 aromatic rings. The monoisotopic (exact) mass is 645 g/mol. The molecule has 3 rings (SSSR count). The van der Waals surface area contributed by atoms with Gasteiger partial charge in [0.05, 0.1) is 31.4 Å². The van der Waals surface area contributed by atoms with E-state index in [1.807, 2.05) is 27.7 Å². The van der Waals surface area contributed by atoms with Crippen LogP contribution in [0, 0.1) is 0 Å². The third-order valence-corrected chi connectivity index (χ3v) is 8.61. The molecule has 0 heterocycles. The first-order valence-electron chi connectivity index (χ1n) is 14.0. The van der Waals surface area contributed by atoms with Crippen molar-refractivity contribution in [1.29, 1.82) is 0 Å². The quantitative estimate of drug-likeness (QED) is 0.269. The van der Waals surface area contributed by atoms with Crippen LogP contribution >= 0.6 is 11.6 Å². The Balaban J connectivity index is 2.09. The topological polar surface area (TPSA) is 114 Å². The van der Waals surface area contributed by atoms with Gasteiger partial charge in [0.2, 0.25) is 11.8 Å². The van der Waals surface area contributed by atoms with Gasteiger partial charge in [-0.05, 0) is 88.7 Å². The Morgan fingerprint density at radius 1 is 0.932 bits per heavy atom. The number of hydrogen-bond acceptors (Lipinski definition) is 7. The van der Waals surface area contributed by atoms with Gasteiger partial charge >= 0.3 is 0 Å². The number of benzene rings is 3. The van der Waals surface area contributed by atoms with Gasteiger partial charge < -0.3 is 24.4 Å². The van der Waals surface area contributed by atoms with Crippen LogP contribution < -0.4 is 23.8 Å². The molecule has 0 aliphatic heterocycles. The van der Waals surface area contributed by atoms with Crippen molar-refractivity contribution in [3.05, 3.63) is 77.3 Å². The van der Waals surface area contributed by atoms with Crippen molar-refractivity contribution < 1.29 is 32.2 Å². The molecule has 0 aliphatic carbocycles. The van der Waals surface area contributed by atoms with Crippen LogP contribution in [0.25, 0.3) is 0 Å². The van der Waals surface area contributed by atoms with Gasteiger partial charge in [0.25, 0.3) is 10.0 Å². The van der Waals surface area contributed by atoms with Crippen LogP contribution in [-0.4, -0.2) is 64.1 Å². The Morgan fingerprint density at radius 3 is 2.09 bits per heavy atom. The van der Waals surface area contributed by atoms with Crippen molar-refractivity contribution in [2.75, 3.05) is 31.7 Å². The van der Waals surface area contributed by atoms with Crippen molar-refractivity contribution in [2.24, 2.45) is 0 Å². The molecular formula is C32H40ClN3O7S. The van der Waals surface area contributed by atoms with Crippen LogP contribution in [0.4, 0.5) is 5.69 Å². The first-order valence-corrected chi connectivity index (χ1v) is 15.9. The van der Waals surface area contributed by atoms with Crippen LogP contribution in [0.1, 0.15) is 40.2 Å². The first kappa shape index (κ1) is 34.5. The lowest BCUT2D eigenvalue weighted by Crippen LogP contribution is -2.54. The highest BCUT2D eigenvalue weighted by Crippen LogP contribution is 2.33. The van der Waals surface area contributed by atoms with Gasteiger partial charge in [0.15, 0.2) is 11.5 Å². The largest absolute Gasteiger partial charge is 0.494 e. The minimum absolute atomic E-state index is 0.0439. The second-order valence-electron chi connectivity index (χ2n) is 11.0. The first-order chi connectivity index (χ1) is 20.7. The number of ether oxygens (including phenoxy) is 3. The lowest BCUT2D eigenvalue weighted by molar-refractivity contribution is -0.140. The van der Waals surface area contributed by atoms with Gasteiger partial charge in [-0.25, -0.2) is 8.42 Å². The number of carbonyl (C=O) groups excluding carboxylic acids is 2. The summed E-state index contributed by atoms with van der Waals surface area (Å²) < 4.78 is 45.5. The Labute approximate surface area is 264 Å². The van der Waals surface area contributed by atoms with Crippen molar-refractivity contribution in [2.45, 2.75) is 57.6 Å². The van der Waals surface area contributed by atoms with E-state index in [-0.39, 0.29) is 28.8 Å². The predicted molar refractivity (Wildman–Crippen MR) is 171 cm³/mol. The molecule has 44 heavy (non-hydrogen) atoms. The summed E-state index contributed by atoms with van der Waals surface area (Å²) in [6, 6.07) is 16.5. The molecule has 0 radical (unpaired) electrons. The SMILES string of the molecule is CCOc1ccc(N(CC(=O)N(Cc2ccc(Cl)cc2)[C@H](C)C(=O)NC(C)(C)C)S(=O)(=O)c2ccc(OC)c(OC)c2)cc1. The number of halogens is 1. The second-order valence-corrected chi connectivity index (χ2v) is 13.3. The molecule has 0 aromatic heterocycles. The Bertz CT molecular complexity index is 1540. The predicted octanol–water partition coefficient (Wildman–Crippen LogP) is 5.28. The van der Waals surface area contributed by atoms with E-state index >= 15 is 0 Å². The highest BCUT2D eigenvalue weighted by molar-refractivity contribution is 7.92. The molecule has 238 valence electrons. The molecule has 1 N–H and O–H groups in total. The highest BCUT2D eigenvalue weighted by Gasteiger charge is 2.34. The third kappa shape index (κ3) is 8.79. The number of hydrogen-bond donors (Lipinski definition) is 1. The molecule has 0 fully saturated rings. The van der Waals surface area contributed by atoms with Crippen molar-refractivity contribution in [3.8, 4) is 17.2 Å². The Morgan fingerprint density at radius 2 is 1.55 bits per heavy atom. The van der Waals surface area contributed by atoms with Crippen LogP contribution in [0.3, 0.4) is 0 Å². The summed E-state index contributed by atoms with van der Waals surface area (Å²) in [5.41, 5.74) is 0.397. The van der Waals surface area contributed by atoms with Crippen LogP contribution in [0.15, 0.2) is 71.6 Å². The average molecular weight is 646 g/mol. The summed E-state index contributed by atoms with van der Waals surface area (Å²) in [4.78, 5) is 28.6. The number of methoxy groups -OCH3 is 2. The molecule has 12 heteroatoms. The van der Waals surface area contributed by atoms with E-state index in [0.717, 1.165) is 4.31 Å². The fraction of sp³-hybridized carbons (Fsp3) is 0.375. The van der Waals surface area contributed by atoms with Gasteiger partial charge in [-0.15, -0.1) is 0 Å². The molecular weight excluding hydrogens is 606 g/mol. The van der Waals surface area contributed by atoms with Crippen molar-refractivity contribution in [3.63, 3.8) is 0 Å². The molecule has 0 aliphatic rings. The molecule has 10 nitrogen and oxygen atoms in total. The summed E-state index contributed by atoms with van der Waals surface area (Å²) in [7, 11) is -1.48. The standard InChI is InChI=1S/C32H40ClN3O7S/c1-8-43-26-15-13-25(14-16-26)36(44(39,40)27-17-18-28(41-6)29(19-27)42-7)21-30(37)35(20-23-9-11-24(33)12-10-23)22(2)31(38)34-32(3,4)5/h9-19,22H,8,20-21H2,1-7H3,(H,34,38)/t22-/m1/s1. The summed E-state index contributed by atoms with van der Waals surface area (Å²) >= 11 is 6.07. The van der Waals surface area contributed by atoms with Crippen molar-refractivity contribution in [1.82, 2.24) is 10.2 Å². The Hall–Kier alpha value is -3.96. The molecule has 0 spiro atoms. The fourth-order valence-corrected chi connectivity index (χ4v) is 5.91. The summed E-state index contributed by atoms with van der Waals surface area (Å²) in [6.07, 6.45) is 0. The van der Waals surface area contributed by atoms with Gasteiger partial charge in [0.1, 0.15) is 18.3 Å². The van der Waals surface area contributed by atoms with Crippen molar-refractivity contribution >= 4 is 39.1 Å². The minimum atomic E-state index is -4.33.